The summed E-state index contributed by atoms with van der Waals surface area (Å²) in [5, 5.41) is 3.53. The summed E-state index contributed by atoms with van der Waals surface area (Å²) in [4.78, 5) is 7.26. The minimum Gasteiger partial charge on any atom is -0.337 e. The fourth-order valence-electron chi connectivity index (χ4n) is 3.88. The van der Waals surface area contributed by atoms with E-state index in [4.69, 9.17) is 0 Å². The van der Waals surface area contributed by atoms with Crippen molar-refractivity contribution in [2.24, 2.45) is 18.9 Å². The number of hydrogen-bond donors (Lipinski definition) is 1. The van der Waals surface area contributed by atoms with Gasteiger partial charge >= 0.3 is 0 Å². The van der Waals surface area contributed by atoms with Gasteiger partial charge in [-0.2, -0.15) is 0 Å². The lowest BCUT2D eigenvalue weighted by Gasteiger charge is -2.40. The van der Waals surface area contributed by atoms with E-state index < -0.39 is 0 Å². The van der Waals surface area contributed by atoms with Crippen LogP contribution in [-0.4, -0.2) is 40.6 Å². The third kappa shape index (κ3) is 3.79. The fraction of sp³-hybridized carbons (Fsp3) is 0.812. The number of halogens is 1. The van der Waals surface area contributed by atoms with Crippen LogP contribution >= 0.6 is 12.4 Å². The maximum absolute atomic E-state index is 4.58. The molecule has 3 unspecified atom stereocenters. The molecule has 0 bridgehead atoms. The lowest BCUT2D eigenvalue weighted by atomic mass is 9.80. The van der Waals surface area contributed by atoms with E-state index >= 15 is 0 Å². The SMILES string of the molecule is CC1CCCCC1CN1CCNCC1c1nccn1C.Cl. The average Bonchev–Trinajstić information content (AvgIpc) is 2.88. The molecule has 120 valence electrons. The molecule has 1 aromatic rings. The number of hydrogen-bond acceptors (Lipinski definition) is 3. The maximum Gasteiger partial charge on any atom is 0.127 e. The first-order valence-electron chi connectivity index (χ1n) is 8.17. The Balaban J connectivity index is 0.00000161. The lowest BCUT2D eigenvalue weighted by molar-refractivity contribution is 0.0969. The highest BCUT2D eigenvalue weighted by Gasteiger charge is 2.30. The van der Waals surface area contributed by atoms with Gasteiger partial charge in [0.05, 0.1) is 6.04 Å². The number of piperazine rings is 1. The van der Waals surface area contributed by atoms with Gasteiger partial charge in [0, 0.05) is 45.6 Å². The Morgan fingerprint density at radius 2 is 2.14 bits per heavy atom. The maximum atomic E-state index is 4.58. The molecule has 3 atom stereocenters. The largest absolute Gasteiger partial charge is 0.337 e. The van der Waals surface area contributed by atoms with Gasteiger partial charge in [0.25, 0.3) is 0 Å². The molecule has 2 fully saturated rings. The van der Waals surface area contributed by atoms with Crippen LogP contribution in [0.25, 0.3) is 0 Å². The molecule has 1 saturated carbocycles. The summed E-state index contributed by atoms with van der Waals surface area (Å²) in [6.45, 7) is 7.00. The number of aromatic nitrogens is 2. The predicted molar refractivity (Wildman–Crippen MR) is 88.8 cm³/mol. The summed E-state index contributed by atoms with van der Waals surface area (Å²) in [6.07, 6.45) is 9.68. The van der Waals surface area contributed by atoms with Crippen molar-refractivity contribution in [3.8, 4) is 0 Å². The van der Waals surface area contributed by atoms with Crippen LogP contribution in [0.2, 0.25) is 0 Å². The van der Waals surface area contributed by atoms with Gasteiger partial charge in [0.2, 0.25) is 0 Å². The topological polar surface area (TPSA) is 33.1 Å². The quantitative estimate of drug-likeness (QED) is 0.931. The van der Waals surface area contributed by atoms with Gasteiger partial charge in [-0.25, -0.2) is 4.98 Å². The summed E-state index contributed by atoms with van der Waals surface area (Å²) >= 11 is 0. The molecule has 0 spiro atoms. The number of imidazole rings is 1. The van der Waals surface area contributed by atoms with Gasteiger partial charge in [-0.15, -0.1) is 12.4 Å². The summed E-state index contributed by atoms with van der Waals surface area (Å²) in [5.74, 6) is 2.98. The molecule has 0 radical (unpaired) electrons. The third-order valence-corrected chi connectivity index (χ3v) is 5.27. The summed E-state index contributed by atoms with van der Waals surface area (Å²) < 4.78 is 2.18. The summed E-state index contributed by atoms with van der Waals surface area (Å²) in [7, 11) is 2.11. The zero-order valence-electron chi connectivity index (χ0n) is 13.3. The van der Waals surface area contributed by atoms with Crippen molar-refractivity contribution in [1.82, 2.24) is 19.8 Å². The predicted octanol–water partition coefficient (Wildman–Crippen LogP) is 2.61. The number of nitrogens with zero attached hydrogens (tertiary/aromatic N) is 3. The lowest BCUT2D eigenvalue weighted by Crippen LogP contribution is -2.49. The van der Waals surface area contributed by atoms with Crippen molar-refractivity contribution in [2.75, 3.05) is 26.2 Å². The highest BCUT2D eigenvalue weighted by Crippen LogP contribution is 2.32. The van der Waals surface area contributed by atoms with E-state index in [1.807, 2.05) is 6.20 Å². The van der Waals surface area contributed by atoms with Crippen molar-refractivity contribution < 1.29 is 0 Å². The molecule has 1 aromatic heterocycles. The molecule has 1 aliphatic heterocycles. The number of aryl methyl sites for hydroxylation is 1. The van der Waals surface area contributed by atoms with E-state index in [9.17, 15) is 0 Å². The molecule has 0 aromatic carbocycles. The summed E-state index contributed by atoms with van der Waals surface area (Å²) in [6, 6.07) is 0.442. The van der Waals surface area contributed by atoms with Crippen LogP contribution in [0.5, 0.6) is 0 Å². The van der Waals surface area contributed by atoms with Gasteiger partial charge in [-0.05, 0) is 18.3 Å². The third-order valence-electron chi connectivity index (χ3n) is 5.27. The second-order valence-electron chi connectivity index (χ2n) is 6.63. The molecular weight excluding hydrogens is 284 g/mol. The Morgan fingerprint density at radius 1 is 1.33 bits per heavy atom. The van der Waals surface area contributed by atoms with Crippen molar-refractivity contribution in [2.45, 2.75) is 38.6 Å². The van der Waals surface area contributed by atoms with E-state index in [0.29, 0.717) is 6.04 Å². The first kappa shape index (κ1) is 16.8. The first-order chi connectivity index (χ1) is 9.75. The van der Waals surface area contributed by atoms with Crippen molar-refractivity contribution in [3.63, 3.8) is 0 Å². The molecule has 1 saturated heterocycles. The van der Waals surface area contributed by atoms with Crippen LogP contribution in [0.4, 0.5) is 0 Å². The van der Waals surface area contributed by atoms with Gasteiger partial charge in [0.1, 0.15) is 5.82 Å². The number of rotatable bonds is 3. The summed E-state index contributed by atoms with van der Waals surface area (Å²) in [5.41, 5.74) is 0. The second kappa shape index (κ2) is 7.61. The highest BCUT2D eigenvalue weighted by molar-refractivity contribution is 5.85. The molecule has 3 rings (SSSR count). The Hall–Kier alpha value is -0.580. The normalized spacial score (nSPS) is 30.9. The molecule has 21 heavy (non-hydrogen) atoms. The number of nitrogens with one attached hydrogen (secondary N) is 1. The molecule has 1 aliphatic carbocycles. The second-order valence-corrected chi connectivity index (χ2v) is 6.63. The van der Waals surface area contributed by atoms with E-state index in [0.717, 1.165) is 31.5 Å². The van der Waals surface area contributed by atoms with E-state index in [1.165, 1.54) is 38.1 Å². The average molecular weight is 313 g/mol. The van der Waals surface area contributed by atoms with Crippen LogP contribution in [-0.2, 0) is 7.05 Å². The molecule has 4 nitrogen and oxygen atoms in total. The standard InChI is InChI=1S/C16H28N4.ClH/c1-13-5-3-4-6-14(13)12-20-10-7-17-11-15(20)16-18-8-9-19(16)2;/h8-9,13-15,17H,3-7,10-12H2,1-2H3;1H. The van der Waals surface area contributed by atoms with Crippen molar-refractivity contribution >= 4 is 12.4 Å². The fourth-order valence-corrected chi connectivity index (χ4v) is 3.88. The van der Waals surface area contributed by atoms with Crippen LogP contribution in [0.3, 0.4) is 0 Å². The van der Waals surface area contributed by atoms with Crippen molar-refractivity contribution in [3.05, 3.63) is 18.2 Å². The molecule has 1 N–H and O–H groups in total. The first-order valence-corrected chi connectivity index (χ1v) is 8.17. The molecule has 0 amide bonds. The Kier molecular flexibility index (Phi) is 6.08. The highest BCUT2D eigenvalue weighted by atomic mass is 35.5. The Labute approximate surface area is 134 Å². The Morgan fingerprint density at radius 3 is 2.86 bits per heavy atom. The molecule has 5 heteroatoms. The molecule has 2 aliphatic rings. The van der Waals surface area contributed by atoms with Crippen molar-refractivity contribution in [1.29, 1.82) is 0 Å². The molecule has 2 heterocycles. The Bertz CT molecular complexity index is 434. The van der Waals surface area contributed by atoms with Gasteiger partial charge < -0.3 is 9.88 Å². The molecular formula is C16H29ClN4. The van der Waals surface area contributed by atoms with E-state index in [-0.39, 0.29) is 12.4 Å². The van der Waals surface area contributed by atoms with Crippen LogP contribution in [0.1, 0.15) is 44.5 Å². The zero-order valence-corrected chi connectivity index (χ0v) is 14.1. The van der Waals surface area contributed by atoms with Gasteiger partial charge in [0.15, 0.2) is 0 Å². The zero-order chi connectivity index (χ0) is 13.9. The van der Waals surface area contributed by atoms with Gasteiger partial charge in [-0.1, -0.05) is 26.2 Å². The van der Waals surface area contributed by atoms with Crippen LogP contribution < -0.4 is 5.32 Å². The minimum absolute atomic E-state index is 0. The smallest absolute Gasteiger partial charge is 0.127 e. The van der Waals surface area contributed by atoms with Crippen LogP contribution in [0.15, 0.2) is 12.4 Å². The minimum atomic E-state index is 0. The van der Waals surface area contributed by atoms with Gasteiger partial charge in [-0.3, -0.25) is 4.90 Å². The van der Waals surface area contributed by atoms with Crippen LogP contribution in [0, 0.1) is 11.8 Å². The van der Waals surface area contributed by atoms with E-state index in [1.54, 1.807) is 0 Å². The van der Waals surface area contributed by atoms with E-state index in [2.05, 4.69) is 39.9 Å². The monoisotopic (exact) mass is 312 g/mol.